The minimum absolute atomic E-state index is 0.0359. The molecule has 0 aliphatic carbocycles. The highest BCUT2D eigenvalue weighted by Crippen LogP contribution is 2.31. The number of rotatable bonds is 14. The van der Waals surface area contributed by atoms with E-state index in [4.69, 9.17) is 19.6 Å². The summed E-state index contributed by atoms with van der Waals surface area (Å²) in [4.78, 5) is 36.2. The van der Waals surface area contributed by atoms with Crippen molar-refractivity contribution in [3.8, 4) is 0 Å². The summed E-state index contributed by atoms with van der Waals surface area (Å²) in [5.41, 5.74) is 1.11. The van der Waals surface area contributed by atoms with Gasteiger partial charge in [0.1, 0.15) is 11.2 Å². The molecule has 5 heteroatoms. The summed E-state index contributed by atoms with van der Waals surface area (Å²) in [5.74, 6) is -0.0359. The zero-order valence-corrected chi connectivity index (χ0v) is 24.0. The van der Waals surface area contributed by atoms with E-state index in [1.807, 2.05) is 104 Å². The van der Waals surface area contributed by atoms with Crippen LogP contribution in [0.1, 0.15) is 122 Å². The summed E-state index contributed by atoms with van der Waals surface area (Å²) in [6.07, 6.45) is 3.85. The Morgan fingerprint density at radius 3 is 1.14 bits per heavy atom. The van der Waals surface area contributed by atoms with Crippen LogP contribution >= 0.6 is 0 Å². The van der Waals surface area contributed by atoms with Crippen LogP contribution in [0.15, 0.2) is 48.5 Å². The average molecular weight is 499 g/mol. The van der Waals surface area contributed by atoms with Gasteiger partial charge in [-0.2, -0.15) is 0 Å². The highest BCUT2D eigenvalue weighted by atomic mass is 17.2. The normalized spacial score (nSPS) is 13.2. The van der Waals surface area contributed by atoms with Crippen LogP contribution < -0.4 is 0 Å². The molecule has 5 nitrogen and oxygen atoms in total. The molecule has 0 radical (unpaired) electrons. The molecular weight excluding hydrogens is 452 g/mol. The predicted octanol–water partition coefficient (Wildman–Crippen LogP) is 8.44. The molecule has 0 saturated carbocycles. The Kier molecular flexibility index (Phi) is 10.1. The van der Waals surface area contributed by atoms with E-state index in [0.717, 1.165) is 36.8 Å². The average Bonchev–Trinajstić information content (AvgIpc) is 2.82. The summed E-state index contributed by atoms with van der Waals surface area (Å²) >= 11 is 0. The number of carbonyl (C=O) groups excluding carboxylic acids is 1. The maximum Gasteiger partial charge on any atom is 0.193 e. The second kappa shape index (κ2) is 12.0. The predicted molar refractivity (Wildman–Crippen MR) is 145 cm³/mol. The zero-order valence-electron chi connectivity index (χ0n) is 24.0. The second-order valence-electron chi connectivity index (χ2n) is 11.9. The lowest BCUT2D eigenvalue weighted by Gasteiger charge is -2.31. The molecule has 2 rings (SSSR count). The third-order valence-corrected chi connectivity index (χ3v) is 6.34. The summed E-state index contributed by atoms with van der Waals surface area (Å²) in [6, 6.07) is 15.0. The molecule has 0 fully saturated rings. The molecule has 200 valence electrons. The standard InChI is InChI=1S/C31H46O5/c1-11-21-28(3,4)33-35-30(7,8)25-17-13-23(14-18-25)27(32)24-15-19-26(20-16-24)31(9,10)36-34-29(5,6)22-12-2/h13-20H,11-12,21-22H2,1-10H3. The Morgan fingerprint density at radius 1 is 0.556 bits per heavy atom. The molecular formula is C31H46O5. The van der Waals surface area contributed by atoms with Crippen LogP contribution in [0.4, 0.5) is 0 Å². The summed E-state index contributed by atoms with van der Waals surface area (Å²) in [6.45, 7) is 20.2. The van der Waals surface area contributed by atoms with Crippen molar-refractivity contribution in [3.05, 3.63) is 70.8 Å². The minimum atomic E-state index is -0.645. The fraction of sp³-hybridized carbons (Fsp3) is 0.581. The third-order valence-electron chi connectivity index (χ3n) is 6.34. The van der Waals surface area contributed by atoms with Crippen molar-refractivity contribution in [2.75, 3.05) is 0 Å². The van der Waals surface area contributed by atoms with Gasteiger partial charge in [-0.25, -0.2) is 19.6 Å². The number of hydrogen-bond acceptors (Lipinski definition) is 5. The van der Waals surface area contributed by atoms with Crippen LogP contribution in [0.3, 0.4) is 0 Å². The Balaban J connectivity index is 2.07. The molecule has 2 aromatic rings. The third kappa shape index (κ3) is 8.52. The molecule has 0 bridgehead atoms. The molecule has 0 unspecified atom stereocenters. The molecule has 0 atom stereocenters. The molecule has 0 spiro atoms. The highest BCUT2D eigenvalue weighted by molar-refractivity contribution is 6.09. The van der Waals surface area contributed by atoms with Crippen molar-refractivity contribution in [2.24, 2.45) is 0 Å². The largest absolute Gasteiger partial charge is 0.289 e. The fourth-order valence-corrected chi connectivity index (χ4v) is 4.03. The molecule has 0 aliphatic rings. The van der Waals surface area contributed by atoms with E-state index in [2.05, 4.69) is 13.8 Å². The first-order valence-electron chi connectivity index (χ1n) is 13.1. The van der Waals surface area contributed by atoms with Crippen LogP contribution in [0.2, 0.25) is 0 Å². The Labute approximate surface area is 218 Å². The number of ketones is 1. The van der Waals surface area contributed by atoms with Crippen LogP contribution in [-0.2, 0) is 30.8 Å². The van der Waals surface area contributed by atoms with Crippen molar-refractivity contribution in [1.82, 2.24) is 0 Å². The molecule has 2 aromatic carbocycles. The van der Waals surface area contributed by atoms with E-state index in [0.29, 0.717) is 11.1 Å². The maximum atomic E-state index is 13.1. The Bertz CT molecular complexity index is 890. The SMILES string of the molecule is CCCC(C)(C)OOC(C)(C)c1ccc(C(=O)c2ccc(C(C)(C)OOC(C)(C)CCC)cc2)cc1. The van der Waals surface area contributed by atoms with Gasteiger partial charge in [0.05, 0.1) is 11.2 Å². The molecule has 0 aliphatic heterocycles. The van der Waals surface area contributed by atoms with Crippen molar-refractivity contribution in [2.45, 2.75) is 117 Å². The van der Waals surface area contributed by atoms with E-state index in [9.17, 15) is 4.79 Å². The van der Waals surface area contributed by atoms with Gasteiger partial charge in [0.2, 0.25) is 0 Å². The molecule has 0 amide bonds. The van der Waals surface area contributed by atoms with Crippen LogP contribution in [0, 0.1) is 0 Å². The second-order valence-corrected chi connectivity index (χ2v) is 11.9. The Morgan fingerprint density at radius 2 is 0.861 bits per heavy atom. The lowest BCUT2D eigenvalue weighted by molar-refractivity contribution is -0.406. The lowest BCUT2D eigenvalue weighted by atomic mass is 9.93. The van der Waals surface area contributed by atoms with E-state index in [1.54, 1.807) is 0 Å². The fourth-order valence-electron chi connectivity index (χ4n) is 4.03. The summed E-state index contributed by atoms with van der Waals surface area (Å²) < 4.78 is 0. The molecule has 0 saturated heterocycles. The highest BCUT2D eigenvalue weighted by Gasteiger charge is 2.29. The number of benzene rings is 2. The van der Waals surface area contributed by atoms with Crippen LogP contribution in [0.25, 0.3) is 0 Å². The van der Waals surface area contributed by atoms with Crippen LogP contribution in [-0.4, -0.2) is 17.0 Å². The van der Waals surface area contributed by atoms with Crippen molar-refractivity contribution < 1.29 is 24.3 Å². The van der Waals surface area contributed by atoms with Gasteiger partial charge in [-0.15, -0.1) is 0 Å². The van der Waals surface area contributed by atoms with E-state index in [1.165, 1.54) is 0 Å². The first kappa shape index (κ1) is 30.2. The van der Waals surface area contributed by atoms with Gasteiger partial charge in [0.25, 0.3) is 0 Å². The van der Waals surface area contributed by atoms with E-state index >= 15 is 0 Å². The van der Waals surface area contributed by atoms with Gasteiger partial charge in [0, 0.05) is 11.1 Å². The van der Waals surface area contributed by atoms with E-state index in [-0.39, 0.29) is 17.0 Å². The van der Waals surface area contributed by atoms with Gasteiger partial charge >= 0.3 is 0 Å². The van der Waals surface area contributed by atoms with Gasteiger partial charge in [0.15, 0.2) is 5.78 Å². The summed E-state index contributed by atoms with van der Waals surface area (Å²) in [7, 11) is 0. The van der Waals surface area contributed by atoms with Crippen molar-refractivity contribution in [3.63, 3.8) is 0 Å². The number of hydrogen-bond donors (Lipinski definition) is 0. The smallest absolute Gasteiger partial charge is 0.193 e. The molecule has 0 aromatic heterocycles. The van der Waals surface area contributed by atoms with Gasteiger partial charge < -0.3 is 0 Å². The Hall–Kier alpha value is -2.05. The zero-order chi connectivity index (χ0) is 27.2. The monoisotopic (exact) mass is 498 g/mol. The molecule has 0 heterocycles. The quantitative estimate of drug-likeness (QED) is 0.149. The minimum Gasteiger partial charge on any atom is -0.289 e. The van der Waals surface area contributed by atoms with Gasteiger partial charge in [-0.05, 0) is 79.4 Å². The van der Waals surface area contributed by atoms with Crippen molar-refractivity contribution in [1.29, 1.82) is 0 Å². The first-order chi connectivity index (χ1) is 16.6. The summed E-state index contributed by atoms with van der Waals surface area (Å²) in [5, 5.41) is 0. The topological polar surface area (TPSA) is 54.0 Å². The number of carbonyl (C=O) groups is 1. The van der Waals surface area contributed by atoms with Crippen molar-refractivity contribution >= 4 is 5.78 Å². The molecule has 36 heavy (non-hydrogen) atoms. The van der Waals surface area contributed by atoms with Crippen LogP contribution in [0.5, 0.6) is 0 Å². The van der Waals surface area contributed by atoms with E-state index < -0.39 is 11.2 Å². The lowest BCUT2D eigenvalue weighted by Crippen LogP contribution is -2.31. The van der Waals surface area contributed by atoms with Gasteiger partial charge in [-0.1, -0.05) is 75.2 Å². The molecule has 0 N–H and O–H groups in total. The first-order valence-corrected chi connectivity index (χ1v) is 13.1. The maximum absolute atomic E-state index is 13.1. The van der Waals surface area contributed by atoms with Gasteiger partial charge in [-0.3, -0.25) is 4.79 Å².